The van der Waals surface area contributed by atoms with Crippen LogP contribution in [-0.2, 0) is 0 Å². The van der Waals surface area contributed by atoms with E-state index in [4.69, 9.17) is 15.9 Å². The van der Waals surface area contributed by atoms with Gasteiger partial charge >= 0.3 is 0 Å². The van der Waals surface area contributed by atoms with E-state index in [9.17, 15) is 4.79 Å². The molecule has 0 saturated carbocycles. The Balaban J connectivity index is 1.65. The Morgan fingerprint density at radius 2 is 2.13 bits per heavy atom. The fourth-order valence-electron chi connectivity index (χ4n) is 4.09. The van der Waals surface area contributed by atoms with Gasteiger partial charge in [0.25, 0.3) is 5.91 Å². The molecular weight excluding hydrogens is 380 g/mol. The Morgan fingerprint density at radius 3 is 2.87 bits per heavy atom. The molecule has 1 amide bonds. The number of nitrogens with one attached hydrogen (secondary N) is 1. The lowest BCUT2D eigenvalue weighted by molar-refractivity contribution is 0.102. The number of rotatable bonds is 4. The summed E-state index contributed by atoms with van der Waals surface area (Å²) in [6.45, 7) is 7.92. The topological polar surface area (TPSA) is 123 Å². The fourth-order valence-corrected chi connectivity index (χ4v) is 4.09. The summed E-state index contributed by atoms with van der Waals surface area (Å²) >= 11 is 0. The molecule has 0 aliphatic carbocycles. The molecule has 1 fully saturated rings. The normalized spacial score (nSPS) is 19.4. The summed E-state index contributed by atoms with van der Waals surface area (Å²) in [5, 5.41) is 2.95. The minimum atomic E-state index is -0.375. The summed E-state index contributed by atoms with van der Waals surface area (Å²) < 4.78 is 5.64. The van der Waals surface area contributed by atoms with Crippen molar-refractivity contribution >= 4 is 34.3 Å². The lowest BCUT2D eigenvalue weighted by atomic mass is 9.96. The number of hydrogen-bond acceptors (Lipinski definition) is 7. The van der Waals surface area contributed by atoms with E-state index < -0.39 is 0 Å². The largest absolute Gasteiger partial charge is 0.438 e. The van der Waals surface area contributed by atoms with Crippen LogP contribution in [0.2, 0.25) is 0 Å². The number of furan rings is 1. The van der Waals surface area contributed by atoms with Crippen LogP contribution >= 0.6 is 0 Å². The van der Waals surface area contributed by atoms with Crippen molar-refractivity contribution in [1.29, 1.82) is 0 Å². The third-order valence-corrected chi connectivity index (χ3v) is 5.55. The molecule has 30 heavy (non-hydrogen) atoms. The van der Waals surface area contributed by atoms with Crippen molar-refractivity contribution in [3.63, 3.8) is 0 Å². The molecule has 0 aromatic carbocycles. The van der Waals surface area contributed by atoms with Crippen LogP contribution in [0.1, 0.15) is 49.0 Å². The molecule has 2 atom stereocenters. The lowest BCUT2D eigenvalue weighted by Gasteiger charge is -2.37. The summed E-state index contributed by atoms with van der Waals surface area (Å²) in [7, 11) is 0. The van der Waals surface area contributed by atoms with Gasteiger partial charge in [-0.15, -0.1) is 0 Å². The Labute approximate surface area is 175 Å². The minimum Gasteiger partial charge on any atom is -0.438 e. The van der Waals surface area contributed by atoms with Crippen molar-refractivity contribution in [2.75, 3.05) is 29.0 Å². The molecule has 8 nitrogen and oxygen atoms in total. The predicted octanol–water partition coefficient (Wildman–Crippen LogP) is 3.35. The molecule has 1 aliphatic rings. The second-order valence-corrected chi connectivity index (χ2v) is 8.46. The molecule has 0 bridgehead atoms. The first kappa shape index (κ1) is 20.2. The maximum Gasteiger partial charge on any atom is 0.263 e. The van der Waals surface area contributed by atoms with Gasteiger partial charge in [-0.1, -0.05) is 20.8 Å². The number of nitrogen functional groups attached to an aromatic ring is 1. The summed E-state index contributed by atoms with van der Waals surface area (Å²) in [5.41, 5.74) is 16.0. The Bertz CT molecular complexity index is 1070. The zero-order valence-corrected chi connectivity index (χ0v) is 17.6. The number of nitrogens with zero attached hydrogens (tertiary/aromatic N) is 3. The number of anilines is 3. The molecule has 0 radical (unpaired) electrons. The smallest absolute Gasteiger partial charge is 0.263 e. The van der Waals surface area contributed by atoms with Crippen molar-refractivity contribution in [2.24, 2.45) is 11.7 Å². The van der Waals surface area contributed by atoms with Crippen molar-refractivity contribution in [3.05, 3.63) is 41.9 Å². The standard InChI is InChI=1S/C22H28N6O2/c1-12(2)14-7-18-20(26-8-14)19(21(24)30-18)22(29)27-16-9-25-5-4-17(16)28-10-13(3)6-15(23)11-28/h4-5,7-9,12-13,15H,6,10-11,23-24H2,1-3H3,(H,27,29). The summed E-state index contributed by atoms with van der Waals surface area (Å²) in [6, 6.07) is 3.87. The van der Waals surface area contributed by atoms with Gasteiger partial charge in [0.05, 0.1) is 17.6 Å². The first-order valence-electron chi connectivity index (χ1n) is 10.3. The Hall–Kier alpha value is -3.13. The van der Waals surface area contributed by atoms with E-state index in [0.717, 1.165) is 30.8 Å². The molecule has 158 valence electrons. The fraction of sp³-hybridized carbons (Fsp3) is 0.409. The van der Waals surface area contributed by atoms with Crippen LogP contribution in [0, 0.1) is 5.92 Å². The van der Waals surface area contributed by atoms with E-state index in [2.05, 4.69) is 41.0 Å². The minimum absolute atomic E-state index is 0.0509. The quantitative estimate of drug-likeness (QED) is 0.605. The van der Waals surface area contributed by atoms with Crippen LogP contribution < -0.4 is 21.7 Å². The molecule has 3 aromatic rings. The number of nitrogens with two attached hydrogens (primary N) is 2. The number of carbonyl (C=O) groups is 1. The monoisotopic (exact) mass is 408 g/mol. The number of amides is 1. The second-order valence-electron chi connectivity index (χ2n) is 8.46. The van der Waals surface area contributed by atoms with Gasteiger partial charge in [-0.25, -0.2) is 0 Å². The molecule has 4 rings (SSSR count). The van der Waals surface area contributed by atoms with Gasteiger partial charge in [0.1, 0.15) is 11.1 Å². The predicted molar refractivity (Wildman–Crippen MR) is 119 cm³/mol. The van der Waals surface area contributed by atoms with E-state index in [0.29, 0.717) is 28.6 Å². The van der Waals surface area contributed by atoms with E-state index in [1.807, 2.05) is 12.1 Å². The molecule has 4 heterocycles. The van der Waals surface area contributed by atoms with E-state index in [-0.39, 0.29) is 23.4 Å². The van der Waals surface area contributed by atoms with Crippen LogP contribution in [0.4, 0.5) is 17.3 Å². The van der Waals surface area contributed by atoms with Gasteiger partial charge in [-0.05, 0) is 36.0 Å². The molecule has 2 unspecified atom stereocenters. The zero-order chi connectivity index (χ0) is 21.4. The number of fused-ring (bicyclic) bond motifs is 1. The molecule has 5 N–H and O–H groups in total. The third-order valence-electron chi connectivity index (χ3n) is 5.55. The SMILES string of the molecule is CC1CC(N)CN(c2ccncc2NC(=O)c2c(N)oc3cc(C(C)C)cnc23)C1. The average molecular weight is 409 g/mol. The summed E-state index contributed by atoms with van der Waals surface area (Å²) in [4.78, 5) is 24.0. The molecule has 3 aromatic heterocycles. The first-order chi connectivity index (χ1) is 14.3. The van der Waals surface area contributed by atoms with E-state index >= 15 is 0 Å². The van der Waals surface area contributed by atoms with Crippen LogP contribution in [0.5, 0.6) is 0 Å². The number of aromatic nitrogens is 2. The number of pyridine rings is 2. The van der Waals surface area contributed by atoms with Crippen molar-refractivity contribution in [1.82, 2.24) is 9.97 Å². The van der Waals surface area contributed by atoms with Gasteiger partial charge in [-0.2, -0.15) is 0 Å². The van der Waals surface area contributed by atoms with Crippen LogP contribution in [0.15, 0.2) is 35.1 Å². The number of piperidine rings is 1. The third kappa shape index (κ3) is 3.82. The molecule has 1 aliphatic heterocycles. The highest BCUT2D eigenvalue weighted by atomic mass is 16.3. The highest BCUT2D eigenvalue weighted by molar-refractivity contribution is 6.15. The van der Waals surface area contributed by atoms with Crippen molar-refractivity contribution in [3.8, 4) is 0 Å². The highest BCUT2D eigenvalue weighted by Crippen LogP contribution is 2.32. The van der Waals surface area contributed by atoms with Crippen LogP contribution in [0.3, 0.4) is 0 Å². The number of carbonyl (C=O) groups excluding carboxylic acids is 1. The Morgan fingerprint density at radius 1 is 1.33 bits per heavy atom. The van der Waals surface area contributed by atoms with Crippen LogP contribution in [-0.4, -0.2) is 35.0 Å². The summed E-state index contributed by atoms with van der Waals surface area (Å²) in [5.74, 6) is 0.439. The second kappa shape index (κ2) is 7.95. The Kier molecular flexibility index (Phi) is 5.34. The molecule has 1 saturated heterocycles. The van der Waals surface area contributed by atoms with Gasteiger partial charge in [0.15, 0.2) is 5.58 Å². The van der Waals surface area contributed by atoms with E-state index in [1.54, 1.807) is 18.6 Å². The van der Waals surface area contributed by atoms with Gasteiger partial charge < -0.3 is 26.1 Å². The van der Waals surface area contributed by atoms with Gasteiger partial charge in [0.2, 0.25) is 5.88 Å². The number of hydrogen-bond donors (Lipinski definition) is 3. The van der Waals surface area contributed by atoms with Crippen molar-refractivity contribution < 1.29 is 9.21 Å². The molecule has 0 spiro atoms. The summed E-state index contributed by atoms with van der Waals surface area (Å²) in [6.07, 6.45) is 6.10. The van der Waals surface area contributed by atoms with Crippen molar-refractivity contribution in [2.45, 2.75) is 39.2 Å². The maximum absolute atomic E-state index is 13.1. The van der Waals surface area contributed by atoms with Crippen LogP contribution in [0.25, 0.3) is 11.1 Å². The lowest BCUT2D eigenvalue weighted by Crippen LogP contribution is -2.46. The maximum atomic E-state index is 13.1. The molecular formula is C22H28N6O2. The zero-order valence-electron chi connectivity index (χ0n) is 17.6. The van der Waals surface area contributed by atoms with Gasteiger partial charge in [0, 0.05) is 31.5 Å². The average Bonchev–Trinajstić information content (AvgIpc) is 3.02. The highest BCUT2D eigenvalue weighted by Gasteiger charge is 2.26. The molecule has 8 heteroatoms. The van der Waals surface area contributed by atoms with E-state index in [1.165, 1.54) is 0 Å². The van der Waals surface area contributed by atoms with Gasteiger partial charge in [-0.3, -0.25) is 14.8 Å². The first-order valence-corrected chi connectivity index (χ1v) is 10.3.